The van der Waals surface area contributed by atoms with Crippen molar-refractivity contribution in [2.24, 2.45) is 0 Å². The molecule has 1 saturated heterocycles. The van der Waals surface area contributed by atoms with E-state index in [1.807, 2.05) is 18.2 Å². The predicted molar refractivity (Wildman–Crippen MR) is 114 cm³/mol. The summed E-state index contributed by atoms with van der Waals surface area (Å²) in [6, 6.07) is 14.1. The lowest BCUT2D eigenvalue weighted by atomic mass is 10.0. The zero-order valence-corrected chi connectivity index (χ0v) is 17.2. The minimum absolute atomic E-state index is 0.0671. The number of carbonyl (C=O) groups is 3. The maximum atomic E-state index is 13.1. The normalized spacial score (nSPS) is 17.3. The Labute approximate surface area is 175 Å². The molecule has 0 radical (unpaired) electrons. The van der Waals surface area contributed by atoms with Crippen molar-refractivity contribution < 1.29 is 19.1 Å². The number of amides is 3. The molecule has 0 saturated carbocycles. The van der Waals surface area contributed by atoms with Gasteiger partial charge in [-0.1, -0.05) is 18.2 Å². The van der Waals surface area contributed by atoms with Crippen LogP contribution in [0.2, 0.25) is 0 Å². The van der Waals surface area contributed by atoms with Crippen LogP contribution in [-0.4, -0.2) is 47.9 Å². The van der Waals surface area contributed by atoms with Crippen LogP contribution in [0, 0.1) is 0 Å². The summed E-state index contributed by atoms with van der Waals surface area (Å²) >= 11 is 0. The van der Waals surface area contributed by atoms with Crippen molar-refractivity contribution >= 4 is 29.1 Å². The number of benzene rings is 2. The Morgan fingerprint density at radius 1 is 1.07 bits per heavy atom. The van der Waals surface area contributed by atoms with Crippen molar-refractivity contribution in [2.45, 2.75) is 32.3 Å². The van der Waals surface area contributed by atoms with Gasteiger partial charge in [0.2, 0.25) is 5.91 Å². The van der Waals surface area contributed by atoms with Crippen LogP contribution in [0.25, 0.3) is 0 Å². The number of nitrogens with one attached hydrogen (secondary N) is 1. The van der Waals surface area contributed by atoms with Crippen LogP contribution >= 0.6 is 0 Å². The highest BCUT2D eigenvalue weighted by Crippen LogP contribution is 2.38. The Hall–Kier alpha value is -3.35. The first-order valence-electron chi connectivity index (χ1n) is 10.1. The molecule has 2 aromatic rings. The lowest BCUT2D eigenvalue weighted by Crippen LogP contribution is -2.55. The van der Waals surface area contributed by atoms with Gasteiger partial charge in [-0.2, -0.15) is 0 Å². The highest BCUT2D eigenvalue weighted by molar-refractivity contribution is 6.09. The van der Waals surface area contributed by atoms with Gasteiger partial charge in [0.15, 0.2) is 5.60 Å². The first kappa shape index (κ1) is 19.9. The topological polar surface area (TPSA) is 79.0 Å². The lowest BCUT2D eigenvalue weighted by molar-refractivity contribution is -0.136. The maximum Gasteiger partial charge on any atom is 0.271 e. The number of hydrogen-bond acceptors (Lipinski definition) is 4. The largest absolute Gasteiger partial charge is 0.476 e. The number of carbonyl (C=O) groups excluding carboxylic acids is 3. The molecule has 4 rings (SSSR count). The van der Waals surface area contributed by atoms with Crippen molar-refractivity contribution in [3.05, 3.63) is 54.1 Å². The zero-order chi connectivity index (χ0) is 21.3. The summed E-state index contributed by atoms with van der Waals surface area (Å²) in [6.45, 7) is 4.73. The quantitative estimate of drug-likeness (QED) is 0.845. The number of ether oxygens (including phenoxy) is 1. The van der Waals surface area contributed by atoms with Gasteiger partial charge >= 0.3 is 0 Å². The van der Waals surface area contributed by atoms with Gasteiger partial charge < -0.3 is 15.0 Å². The van der Waals surface area contributed by atoms with Crippen LogP contribution in [0.3, 0.4) is 0 Å². The molecule has 0 aliphatic carbocycles. The number of rotatable bonds is 4. The van der Waals surface area contributed by atoms with Crippen LogP contribution in [0.15, 0.2) is 48.5 Å². The third kappa shape index (κ3) is 3.87. The molecule has 2 aromatic carbocycles. The average molecular weight is 407 g/mol. The summed E-state index contributed by atoms with van der Waals surface area (Å²) in [4.78, 5) is 41.8. The molecule has 0 unspecified atom stereocenters. The van der Waals surface area contributed by atoms with Crippen LogP contribution in [0.4, 0.5) is 11.4 Å². The van der Waals surface area contributed by atoms with Crippen molar-refractivity contribution in [3.63, 3.8) is 0 Å². The number of hydrogen-bond donors (Lipinski definition) is 1. The van der Waals surface area contributed by atoms with Gasteiger partial charge in [-0.15, -0.1) is 0 Å². The molecular formula is C23H25N3O4. The Kier molecular flexibility index (Phi) is 5.20. The highest BCUT2D eigenvalue weighted by Gasteiger charge is 2.42. The van der Waals surface area contributed by atoms with Crippen LogP contribution in [-0.2, 0) is 9.59 Å². The maximum absolute atomic E-state index is 13.1. The van der Waals surface area contributed by atoms with E-state index in [1.165, 1.54) is 4.90 Å². The van der Waals surface area contributed by atoms with E-state index in [1.54, 1.807) is 49.1 Å². The fourth-order valence-corrected chi connectivity index (χ4v) is 3.79. The third-order valence-electron chi connectivity index (χ3n) is 5.42. The predicted octanol–water partition coefficient (Wildman–Crippen LogP) is 3.07. The summed E-state index contributed by atoms with van der Waals surface area (Å²) < 4.78 is 5.87. The van der Waals surface area contributed by atoms with Crippen LogP contribution in [0.1, 0.15) is 37.0 Å². The Morgan fingerprint density at radius 3 is 2.47 bits per heavy atom. The second-order valence-electron chi connectivity index (χ2n) is 8.09. The van der Waals surface area contributed by atoms with E-state index in [-0.39, 0.29) is 24.3 Å². The molecule has 0 bridgehead atoms. The van der Waals surface area contributed by atoms with Crippen LogP contribution in [0.5, 0.6) is 5.75 Å². The molecule has 30 heavy (non-hydrogen) atoms. The molecule has 0 aromatic heterocycles. The molecule has 156 valence electrons. The van der Waals surface area contributed by atoms with Gasteiger partial charge in [0, 0.05) is 24.3 Å². The van der Waals surface area contributed by atoms with E-state index in [2.05, 4.69) is 5.32 Å². The standard InChI is InChI=1S/C23H25N3O4/c1-23(2)22(29)26(15-20(27)25-12-6-7-13-25)18-14-16(10-11-19(18)30-23)21(28)24-17-8-4-3-5-9-17/h3-5,8-11,14H,6-7,12-13,15H2,1-2H3,(H,24,28). The van der Waals surface area contributed by atoms with E-state index in [0.29, 0.717) is 35.8 Å². The van der Waals surface area contributed by atoms with Crippen LogP contribution < -0.4 is 15.0 Å². The second kappa shape index (κ2) is 7.82. The summed E-state index contributed by atoms with van der Waals surface area (Å²) in [5, 5.41) is 2.83. The summed E-state index contributed by atoms with van der Waals surface area (Å²) in [5.41, 5.74) is 0.404. The summed E-state index contributed by atoms with van der Waals surface area (Å²) in [7, 11) is 0. The Morgan fingerprint density at radius 2 is 1.77 bits per heavy atom. The molecule has 7 nitrogen and oxygen atoms in total. The second-order valence-corrected chi connectivity index (χ2v) is 8.09. The summed E-state index contributed by atoms with van der Waals surface area (Å²) in [5.74, 6) is -0.219. The number of fused-ring (bicyclic) bond motifs is 1. The molecule has 3 amide bonds. The highest BCUT2D eigenvalue weighted by atomic mass is 16.5. The minimum Gasteiger partial charge on any atom is -0.476 e. The number of likely N-dealkylation sites (tertiary alicyclic amines) is 1. The van der Waals surface area contributed by atoms with Gasteiger partial charge in [0.05, 0.1) is 5.69 Å². The number of nitrogens with zero attached hydrogens (tertiary/aromatic N) is 2. The van der Waals surface area contributed by atoms with Gasteiger partial charge in [-0.25, -0.2) is 0 Å². The third-order valence-corrected chi connectivity index (χ3v) is 5.42. The fourth-order valence-electron chi connectivity index (χ4n) is 3.79. The van der Waals surface area contributed by atoms with E-state index >= 15 is 0 Å². The van der Waals surface area contributed by atoms with Gasteiger partial charge in [-0.3, -0.25) is 19.3 Å². The number of anilines is 2. The molecule has 1 fully saturated rings. The molecule has 7 heteroatoms. The average Bonchev–Trinajstić information content (AvgIpc) is 3.26. The Bertz CT molecular complexity index is 981. The van der Waals surface area contributed by atoms with Crippen molar-refractivity contribution in [1.82, 2.24) is 4.90 Å². The molecular weight excluding hydrogens is 382 g/mol. The molecule has 1 N–H and O–H groups in total. The van der Waals surface area contributed by atoms with Gasteiger partial charge in [0.1, 0.15) is 12.3 Å². The molecule has 2 heterocycles. The number of para-hydroxylation sites is 1. The fraction of sp³-hybridized carbons (Fsp3) is 0.348. The Balaban J connectivity index is 1.63. The monoisotopic (exact) mass is 407 g/mol. The SMILES string of the molecule is CC1(C)Oc2ccc(C(=O)Nc3ccccc3)cc2N(CC(=O)N2CCCC2)C1=O. The van der Waals surface area contributed by atoms with Crippen molar-refractivity contribution in [1.29, 1.82) is 0 Å². The molecule has 2 aliphatic heterocycles. The van der Waals surface area contributed by atoms with Gasteiger partial charge in [-0.05, 0) is 57.0 Å². The van der Waals surface area contributed by atoms with Crippen molar-refractivity contribution in [2.75, 3.05) is 29.9 Å². The minimum atomic E-state index is -1.09. The first-order chi connectivity index (χ1) is 14.3. The molecule has 0 atom stereocenters. The zero-order valence-electron chi connectivity index (χ0n) is 17.2. The lowest BCUT2D eigenvalue weighted by Gasteiger charge is -2.39. The van der Waals surface area contributed by atoms with E-state index in [4.69, 9.17) is 4.74 Å². The van der Waals surface area contributed by atoms with E-state index in [0.717, 1.165) is 12.8 Å². The van der Waals surface area contributed by atoms with E-state index < -0.39 is 5.60 Å². The summed E-state index contributed by atoms with van der Waals surface area (Å²) in [6.07, 6.45) is 1.96. The van der Waals surface area contributed by atoms with E-state index in [9.17, 15) is 14.4 Å². The smallest absolute Gasteiger partial charge is 0.271 e. The van der Waals surface area contributed by atoms with Gasteiger partial charge in [0.25, 0.3) is 11.8 Å². The first-order valence-corrected chi connectivity index (χ1v) is 10.1. The van der Waals surface area contributed by atoms with Crippen molar-refractivity contribution in [3.8, 4) is 5.75 Å². The molecule has 2 aliphatic rings. The molecule has 0 spiro atoms.